The van der Waals surface area contributed by atoms with Gasteiger partial charge in [-0.2, -0.15) is 4.98 Å². The zero-order chi connectivity index (χ0) is 20.5. The lowest BCUT2D eigenvalue weighted by molar-refractivity contribution is -0.171. The fourth-order valence-corrected chi connectivity index (χ4v) is 2.83. The number of hydrogen-bond acceptors (Lipinski definition) is 10. The molecule has 0 radical (unpaired) electrons. The van der Waals surface area contributed by atoms with Gasteiger partial charge in [0.15, 0.2) is 18.1 Å². The average Bonchev–Trinajstić information content (AvgIpc) is 2.82. The molecular weight excluding hydrogens is 362 g/mol. The molecule has 11 heteroatoms. The maximum absolute atomic E-state index is 12.3. The molecule has 1 aromatic rings. The van der Waals surface area contributed by atoms with Gasteiger partial charge < -0.3 is 25.1 Å². The summed E-state index contributed by atoms with van der Waals surface area (Å²) in [4.78, 5) is 50.8. The number of hydrogen-bond donors (Lipinski definition) is 2. The minimum Gasteiger partial charge on any atom is -0.463 e. The average molecular weight is 383 g/mol. The SMILES string of the molecule is CC(=O)OC[C@H]1O[C@@H](n2cc(C)c(N)nc2=O)[C@@](O)(C(C)=O)[C@@H]1OC(C)=O. The van der Waals surface area contributed by atoms with Gasteiger partial charge >= 0.3 is 17.6 Å². The van der Waals surface area contributed by atoms with Gasteiger partial charge in [-0.25, -0.2) is 4.79 Å². The zero-order valence-corrected chi connectivity index (χ0v) is 15.3. The van der Waals surface area contributed by atoms with Crippen LogP contribution in [0.5, 0.6) is 0 Å². The Bertz CT molecular complexity index is 835. The van der Waals surface area contributed by atoms with E-state index in [4.69, 9.17) is 19.9 Å². The van der Waals surface area contributed by atoms with Crippen LogP contribution in [0.3, 0.4) is 0 Å². The molecule has 0 aliphatic carbocycles. The van der Waals surface area contributed by atoms with E-state index in [-0.39, 0.29) is 5.82 Å². The molecule has 2 rings (SSSR count). The molecule has 0 unspecified atom stereocenters. The number of aryl methyl sites for hydroxylation is 1. The number of rotatable bonds is 5. The maximum Gasteiger partial charge on any atom is 0.351 e. The second kappa shape index (κ2) is 7.45. The highest BCUT2D eigenvalue weighted by molar-refractivity contribution is 5.87. The van der Waals surface area contributed by atoms with E-state index in [1.165, 1.54) is 6.20 Å². The molecule has 0 bridgehead atoms. The second-order valence-electron chi connectivity index (χ2n) is 6.24. The summed E-state index contributed by atoms with van der Waals surface area (Å²) in [6.07, 6.45) is -3.01. The van der Waals surface area contributed by atoms with Gasteiger partial charge in [-0.1, -0.05) is 0 Å². The number of nitrogen functional groups attached to an aromatic ring is 1. The van der Waals surface area contributed by atoms with E-state index >= 15 is 0 Å². The minimum atomic E-state index is -2.41. The third kappa shape index (κ3) is 3.83. The Hall–Kier alpha value is -2.79. The van der Waals surface area contributed by atoms with Crippen molar-refractivity contribution >= 4 is 23.5 Å². The molecule has 4 atom stereocenters. The number of carbonyl (C=O) groups is 3. The molecule has 1 saturated heterocycles. The van der Waals surface area contributed by atoms with Crippen molar-refractivity contribution in [1.29, 1.82) is 0 Å². The van der Waals surface area contributed by atoms with Gasteiger partial charge in [0.25, 0.3) is 0 Å². The van der Waals surface area contributed by atoms with E-state index in [0.29, 0.717) is 5.56 Å². The summed E-state index contributed by atoms with van der Waals surface area (Å²) in [6.45, 7) is 4.46. The van der Waals surface area contributed by atoms with Crippen molar-refractivity contribution in [3.8, 4) is 0 Å². The van der Waals surface area contributed by atoms with Gasteiger partial charge in [0.2, 0.25) is 5.60 Å². The Morgan fingerprint density at radius 1 is 1.33 bits per heavy atom. The summed E-state index contributed by atoms with van der Waals surface area (Å²) in [5.74, 6) is -2.27. The van der Waals surface area contributed by atoms with E-state index in [1.807, 2.05) is 0 Å². The van der Waals surface area contributed by atoms with Crippen LogP contribution < -0.4 is 11.4 Å². The van der Waals surface area contributed by atoms with Gasteiger partial charge in [-0.05, 0) is 13.8 Å². The minimum absolute atomic E-state index is 0.0198. The summed E-state index contributed by atoms with van der Waals surface area (Å²) in [6, 6.07) is 0. The lowest BCUT2D eigenvalue weighted by Crippen LogP contribution is -2.55. The van der Waals surface area contributed by atoms with Crippen LogP contribution in [0.2, 0.25) is 0 Å². The first-order valence-electron chi connectivity index (χ1n) is 8.03. The summed E-state index contributed by atoms with van der Waals surface area (Å²) in [5.41, 5.74) is 2.71. The predicted molar refractivity (Wildman–Crippen MR) is 89.4 cm³/mol. The predicted octanol–water partition coefficient (Wildman–Crippen LogP) is -1.15. The smallest absolute Gasteiger partial charge is 0.351 e. The van der Waals surface area contributed by atoms with E-state index < -0.39 is 54.1 Å². The number of nitrogens with zero attached hydrogens (tertiary/aromatic N) is 2. The molecule has 27 heavy (non-hydrogen) atoms. The Morgan fingerprint density at radius 2 is 1.96 bits per heavy atom. The number of ketones is 1. The quantitative estimate of drug-likeness (QED) is 0.594. The number of aliphatic hydroxyl groups is 1. The van der Waals surface area contributed by atoms with Crippen LogP contribution in [0.15, 0.2) is 11.0 Å². The van der Waals surface area contributed by atoms with E-state index in [1.54, 1.807) is 6.92 Å². The Morgan fingerprint density at radius 3 is 2.48 bits per heavy atom. The summed E-state index contributed by atoms with van der Waals surface area (Å²) in [5, 5.41) is 11.1. The number of esters is 2. The summed E-state index contributed by atoms with van der Waals surface area (Å²) >= 11 is 0. The fourth-order valence-electron chi connectivity index (χ4n) is 2.83. The number of anilines is 1. The standard InChI is InChI=1S/C16H21N3O8/c1-7-5-19(15(23)18-13(7)17)14-16(24,8(2)20)12(26-10(4)22)11(27-14)6-25-9(3)21/h5,11-12,14,24H,6H2,1-4H3,(H2,17,18,23)/t11-,12-,14-,16-/m1/s1. The number of ether oxygens (including phenoxy) is 3. The molecule has 1 aliphatic heterocycles. The highest BCUT2D eigenvalue weighted by atomic mass is 16.6. The first-order chi connectivity index (χ1) is 12.5. The van der Waals surface area contributed by atoms with Crippen molar-refractivity contribution in [2.75, 3.05) is 12.3 Å². The highest BCUT2D eigenvalue weighted by Gasteiger charge is 2.62. The zero-order valence-electron chi connectivity index (χ0n) is 15.3. The van der Waals surface area contributed by atoms with Gasteiger partial charge in [-0.3, -0.25) is 19.0 Å². The van der Waals surface area contributed by atoms with Gasteiger partial charge in [-0.15, -0.1) is 0 Å². The van der Waals surface area contributed by atoms with Crippen LogP contribution in [0.25, 0.3) is 0 Å². The van der Waals surface area contributed by atoms with Crippen LogP contribution in [-0.2, 0) is 28.6 Å². The molecule has 3 N–H and O–H groups in total. The lowest BCUT2D eigenvalue weighted by Gasteiger charge is -2.31. The van der Waals surface area contributed by atoms with Crippen molar-refractivity contribution in [2.45, 2.75) is 51.7 Å². The lowest BCUT2D eigenvalue weighted by atomic mass is 9.89. The topological polar surface area (TPSA) is 160 Å². The molecule has 0 aromatic carbocycles. The number of nitrogens with two attached hydrogens (primary N) is 1. The fraction of sp³-hybridized carbons (Fsp3) is 0.562. The van der Waals surface area contributed by atoms with E-state index in [0.717, 1.165) is 25.3 Å². The third-order valence-electron chi connectivity index (χ3n) is 4.19. The van der Waals surface area contributed by atoms with E-state index in [2.05, 4.69) is 4.98 Å². The first kappa shape index (κ1) is 20.5. The van der Waals surface area contributed by atoms with Gasteiger partial charge in [0.05, 0.1) is 0 Å². The van der Waals surface area contributed by atoms with Crippen LogP contribution in [0, 0.1) is 6.92 Å². The Labute approximate surface area is 154 Å². The van der Waals surface area contributed by atoms with Gasteiger partial charge in [0.1, 0.15) is 18.5 Å². The van der Waals surface area contributed by atoms with Crippen molar-refractivity contribution < 1.29 is 33.7 Å². The largest absolute Gasteiger partial charge is 0.463 e. The molecule has 11 nitrogen and oxygen atoms in total. The number of aromatic nitrogens is 2. The molecule has 148 valence electrons. The Balaban J connectivity index is 2.57. The van der Waals surface area contributed by atoms with Crippen molar-refractivity contribution in [3.05, 3.63) is 22.2 Å². The van der Waals surface area contributed by atoms with Crippen LogP contribution in [0.1, 0.15) is 32.6 Å². The molecule has 0 saturated carbocycles. The van der Waals surface area contributed by atoms with Crippen LogP contribution in [-0.4, -0.2) is 56.8 Å². The summed E-state index contributed by atoms with van der Waals surface area (Å²) < 4.78 is 16.5. The first-order valence-corrected chi connectivity index (χ1v) is 8.03. The molecule has 1 aliphatic rings. The number of Topliss-reactive ketones (excluding diaryl/α,β-unsaturated/α-hetero) is 1. The van der Waals surface area contributed by atoms with Crippen molar-refractivity contribution in [3.63, 3.8) is 0 Å². The molecule has 1 aromatic heterocycles. The monoisotopic (exact) mass is 383 g/mol. The Kier molecular flexibility index (Phi) is 5.66. The molecular formula is C16H21N3O8. The van der Waals surface area contributed by atoms with Crippen LogP contribution >= 0.6 is 0 Å². The number of carbonyl (C=O) groups excluding carboxylic acids is 3. The summed E-state index contributed by atoms with van der Waals surface area (Å²) in [7, 11) is 0. The van der Waals surface area contributed by atoms with Crippen molar-refractivity contribution in [2.24, 2.45) is 0 Å². The maximum atomic E-state index is 12.3. The van der Waals surface area contributed by atoms with E-state index in [9.17, 15) is 24.3 Å². The molecule has 1 fully saturated rings. The van der Waals surface area contributed by atoms with Gasteiger partial charge in [0, 0.05) is 25.6 Å². The van der Waals surface area contributed by atoms with Crippen LogP contribution in [0.4, 0.5) is 5.82 Å². The normalized spacial score (nSPS) is 27.2. The molecule has 0 amide bonds. The molecule has 0 spiro atoms. The third-order valence-corrected chi connectivity index (χ3v) is 4.19. The second-order valence-corrected chi connectivity index (χ2v) is 6.24. The molecule has 2 heterocycles. The van der Waals surface area contributed by atoms with Crippen molar-refractivity contribution in [1.82, 2.24) is 9.55 Å². The highest BCUT2D eigenvalue weighted by Crippen LogP contribution is 2.40.